The highest BCUT2D eigenvalue weighted by Crippen LogP contribution is 2.32. The van der Waals surface area contributed by atoms with Crippen LogP contribution in [0.5, 0.6) is 0 Å². The first-order valence-electron chi connectivity index (χ1n) is 8.51. The quantitative estimate of drug-likeness (QED) is 0.827. The zero-order valence-corrected chi connectivity index (χ0v) is 14.7. The fourth-order valence-corrected chi connectivity index (χ4v) is 3.83. The van der Waals surface area contributed by atoms with Crippen molar-refractivity contribution in [2.75, 3.05) is 0 Å². The molecule has 25 heavy (non-hydrogen) atoms. The number of carbonyl (C=O) groups is 1. The lowest BCUT2D eigenvalue weighted by atomic mass is 9.78. The maximum atomic E-state index is 12.3. The minimum absolute atomic E-state index is 0.0285. The van der Waals surface area contributed by atoms with Gasteiger partial charge in [-0.25, -0.2) is 0 Å². The highest BCUT2D eigenvalue weighted by atomic mass is 32.1. The van der Waals surface area contributed by atoms with Gasteiger partial charge in [0.05, 0.1) is 4.88 Å². The summed E-state index contributed by atoms with van der Waals surface area (Å²) in [6.45, 7) is 2.02. The lowest BCUT2D eigenvalue weighted by Crippen LogP contribution is -2.45. The first-order valence-corrected chi connectivity index (χ1v) is 9.39. The number of hydrogen-bond donors (Lipinski definition) is 2. The fourth-order valence-electron chi connectivity index (χ4n) is 3.15. The van der Waals surface area contributed by atoms with Crippen LogP contribution in [0.1, 0.15) is 43.2 Å². The molecule has 1 aliphatic heterocycles. The molecule has 7 nitrogen and oxygen atoms in total. The van der Waals surface area contributed by atoms with Gasteiger partial charge in [0.15, 0.2) is 6.23 Å². The number of hydrazone groups is 1. The Kier molecular flexibility index (Phi) is 4.44. The Morgan fingerprint density at radius 2 is 2.36 bits per heavy atom. The molecule has 2 aromatic heterocycles. The van der Waals surface area contributed by atoms with Gasteiger partial charge in [0.25, 0.3) is 5.91 Å². The van der Waals surface area contributed by atoms with Crippen LogP contribution in [0.25, 0.3) is 10.6 Å². The maximum Gasteiger partial charge on any atom is 0.290 e. The first kappa shape index (κ1) is 16.1. The number of aromatic nitrogens is 1. The summed E-state index contributed by atoms with van der Waals surface area (Å²) in [5, 5.41) is 13.1. The van der Waals surface area contributed by atoms with Gasteiger partial charge in [0.2, 0.25) is 11.7 Å². The third-order valence-corrected chi connectivity index (χ3v) is 5.43. The Morgan fingerprint density at radius 3 is 3.08 bits per heavy atom. The van der Waals surface area contributed by atoms with Gasteiger partial charge in [-0.15, -0.1) is 16.4 Å². The molecular weight excluding hydrogens is 340 g/mol. The molecule has 2 N–H and O–H groups in total. The van der Waals surface area contributed by atoms with Crippen molar-refractivity contribution in [1.29, 1.82) is 0 Å². The largest absolute Gasteiger partial charge is 0.455 e. The van der Waals surface area contributed by atoms with Crippen LogP contribution in [0, 0.1) is 5.92 Å². The number of nitrogens with one attached hydrogen (secondary N) is 2. The summed E-state index contributed by atoms with van der Waals surface area (Å²) in [6, 6.07) is 5.77. The molecule has 1 aliphatic carbocycles. The van der Waals surface area contributed by atoms with Gasteiger partial charge in [0, 0.05) is 24.9 Å². The molecule has 0 radical (unpaired) electrons. The number of thiophene rings is 1. The van der Waals surface area contributed by atoms with Crippen molar-refractivity contribution >= 4 is 23.1 Å². The topological polar surface area (TPSA) is 88.8 Å². The molecule has 2 aliphatic rings. The Labute approximate surface area is 149 Å². The minimum Gasteiger partial charge on any atom is -0.455 e. The zero-order valence-electron chi connectivity index (χ0n) is 13.9. The monoisotopic (exact) mass is 360 g/mol. The van der Waals surface area contributed by atoms with E-state index in [0.717, 1.165) is 36.5 Å². The summed E-state index contributed by atoms with van der Waals surface area (Å²) in [5.41, 5.74) is 3.71. The lowest BCUT2D eigenvalue weighted by molar-refractivity contribution is 0.0785. The van der Waals surface area contributed by atoms with Crippen LogP contribution in [0.15, 0.2) is 33.2 Å². The van der Waals surface area contributed by atoms with Crippen molar-refractivity contribution in [3.63, 3.8) is 0 Å². The van der Waals surface area contributed by atoms with Crippen molar-refractivity contribution in [2.45, 2.75) is 44.9 Å². The molecule has 1 unspecified atom stereocenters. The molecule has 0 aromatic carbocycles. The van der Waals surface area contributed by atoms with Crippen molar-refractivity contribution in [3.05, 3.63) is 29.3 Å². The van der Waals surface area contributed by atoms with Crippen molar-refractivity contribution in [2.24, 2.45) is 11.0 Å². The van der Waals surface area contributed by atoms with Gasteiger partial charge in [-0.1, -0.05) is 18.1 Å². The summed E-state index contributed by atoms with van der Waals surface area (Å²) >= 11 is 1.57. The number of rotatable bonds is 6. The summed E-state index contributed by atoms with van der Waals surface area (Å²) < 4.78 is 10.8. The molecule has 1 fully saturated rings. The third-order valence-electron chi connectivity index (χ3n) is 4.54. The second-order valence-electron chi connectivity index (χ2n) is 6.39. The van der Waals surface area contributed by atoms with Crippen LogP contribution < -0.4 is 10.7 Å². The highest BCUT2D eigenvalue weighted by Gasteiger charge is 2.34. The maximum absolute atomic E-state index is 12.3. The minimum atomic E-state index is -0.203. The van der Waals surface area contributed by atoms with Crippen LogP contribution in [0.2, 0.25) is 0 Å². The molecule has 1 amide bonds. The Hall–Kier alpha value is -2.35. The molecule has 0 bridgehead atoms. The van der Waals surface area contributed by atoms with E-state index in [1.54, 1.807) is 17.4 Å². The van der Waals surface area contributed by atoms with E-state index in [2.05, 4.69) is 21.0 Å². The first-order chi connectivity index (χ1) is 12.2. The van der Waals surface area contributed by atoms with E-state index in [-0.39, 0.29) is 23.9 Å². The van der Waals surface area contributed by atoms with Gasteiger partial charge >= 0.3 is 0 Å². The van der Waals surface area contributed by atoms with Gasteiger partial charge in [-0.05, 0) is 30.2 Å². The molecule has 0 spiro atoms. The summed E-state index contributed by atoms with van der Waals surface area (Å²) in [7, 11) is 0. The van der Waals surface area contributed by atoms with Gasteiger partial charge < -0.3 is 14.6 Å². The van der Waals surface area contributed by atoms with Crippen LogP contribution in [-0.4, -0.2) is 29.2 Å². The standard InChI is InChI=1S/C17H20N4O3S/c1-2-15-19-20-16(23-15)8-10-6-11(7-10)18-17(22)13-9-12(21-24-13)14-4-3-5-25-14/h3-5,9-11,16,20H,2,6-8H2,1H3,(H,18,22). The number of hydrogen-bond acceptors (Lipinski definition) is 7. The van der Waals surface area contributed by atoms with Gasteiger partial charge in [-0.3, -0.25) is 10.2 Å². The predicted molar refractivity (Wildman–Crippen MR) is 94.1 cm³/mol. The van der Waals surface area contributed by atoms with Crippen molar-refractivity contribution in [3.8, 4) is 10.6 Å². The third kappa shape index (κ3) is 3.53. The molecule has 4 rings (SSSR count). The Morgan fingerprint density at radius 1 is 1.48 bits per heavy atom. The number of ether oxygens (including phenoxy) is 1. The molecular formula is C17H20N4O3S. The number of carbonyl (C=O) groups excluding carboxylic acids is 1. The second-order valence-corrected chi connectivity index (χ2v) is 7.34. The average molecular weight is 360 g/mol. The van der Waals surface area contributed by atoms with E-state index < -0.39 is 0 Å². The molecule has 1 saturated carbocycles. The van der Waals surface area contributed by atoms with Crippen LogP contribution in [0.3, 0.4) is 0 Å². The fraction of sp³-hybridized carbons (Fsp3) is 0.471. The van der Waals surface area contributed by atoms with Crippen molar-refractivity contribution in [1.82, 2.24) is 15.9 Å². The van der Waals surface area contributed by atoms with Gasteiger partial charge in [-0.2, -0.15) is 0 Å². The van der Waals surface area contributed by atoms with E-state index >= 15 is 0 Å². The van der Waals surface area contributed by atoms with Crippen LogP contribution in [-0.2, 0) is 4.74 Å². The number of nitrogens with zero attached hydrogens (tertiary/aromatic N) is 2. The van der Waals surface area contributed by atoms with Crippen LogP contribution >= 0.6 is 11.3 Å². The molecule has 3 heterocycles. The van der Waals surface area contributed by atoms with E-state index in [4.69, 9.17) is 9.26 Å². The average Bonchev–Trinajstić information content (AvgIpc) is 3.32. The summed E-state index contributed by atoms with van der Waals surface area (Å²) in [6.07, 6.45) is 3.57. The SMILES string of the molecule is CCC1=NNC(CC2CC(NC(=O)c3cc(-c4cccs4)no3)C2)O1. The second kappa shape index (κ2) is 6.87. The highest BCUT2D eigenvalue weighted by molar-refractivity contribution is 7.13. The number of amides is 1. The predicted octanol–water partition coefficient (Wildman–Crippen LogP) is 2.97. The molecule has 8 heteroatoms. The Balaban J connectivity index is 1.22. The van der Waals surface area contributed by atoms with E-state index in [0.29, 0.717) is 11.6 Å². The summed E-state index contributed by atoms with van der Waals surface area (Å²) in [4.78, 5) is 13.3. The van der Waals surface area contributed by atoms with E-state index in [9.17, 15) is 4.79 Å². The normalized spacial score (nSPS) is 24.8. The van der Waals surface area contributed by atoms with Gasteiger partial charge in [0.1, 0.15) is 5.69 Å². The molecule has 0 saturated heterocycles. The molecule has 2 aromatic rings. The lowest BCUT2D eigenvalue weighted by Gasteiger charge is -2.36. The molecule has 1 atom stereocenters. The van der Waals surface area contributed by atoms with E-state index in [1.807, 2.05) is 24.4 Å². The summed E-state index contributed by atoms with van der Waals surface area (Å²) in [5.74, 6) is 1.35. The Bertz CT molecular complexity index is 765. The van der Waals surface area contributed by atoms with Crippen molar-refractivity contribution < 1.29 is 14.1 Å². The zero-order chi connectivity index (χ0) is 17.2. The molecule has 132 valence electrons. The smallest absolute Gasteiger partial charge is 0.290 e. The van der Waals surface area contributed by atoms with Crippen LogP contribution in [0.4, 0.5) is 0 Å². The van der Waals surface area contributed by atoms with E-state index in [1.165, 1.54) is 0 Å².